The van der Waals surface area contributed by atoms with Gasteiger partial charge in [-0.3, -0.25) is 4.79 Å². The van der Waals surface area contributed by atoms with Crippen molar-refractivity contribution in [1.82, 2.24) is 4.90 Å². The molecular formula is C16H16ClNO6. The Kier molecular flexibility index (Phi) is 4.92. The fraction of sp³-hybridized carbons (Fsp3) is 0.375. The lowest BCUT2D eigenvalue weighted by Crippen LogP contribution is -2.48. The normalized spacial score (nSPS) is 20.2. The van der Waals surface area contributed by atoms with Gasteiger partial charge in [0.1, 0.15) is 13.2 Å². The Morgan fingerprint density at radius 2 is 2.04 bits per heavy atom. The van der Waals surface area contributed by atoms with Gasteiger partial charge in [-0.2, -0.15) is 0 Å². The lowest BCUT2D eigenvalue weighted by Gasteiger charge is -2.30. The van der Waals surface area contributed by atoms with E-state index in [-0.39, 0.29) is 19.1 Å². The highest BCUT2D eigenvalue weighted by molar-refractivity contribution is 6.32. The van der Waals surface area contributed by atoms with Crippen LogP contribution in [0, 0.1) is 0 Å². The van der Waals surface area contributed by atoms with Gasteiger partial charge in [-0.15, -0.1) is 0 Å². The van der Waals surface area contributed by atoms with Crippen LogP contribution in [-0.2, 0) is 14.3 Å². The van der Waals surface area contributed by atoms with Crippen molar-refractivity contribution >= 4 is 29.6 Å². The number of carbonyl (C=O) groups is 2. The van der Waals surface area contributed by atoms with E-state index in [0.29, 0.717) is 41.8 Å². The second-order valence-corrected chi connectivity index (χ2v) is 5.75. The first-order valence-electron chi connectivity index (χ1n) is 7.45. The molecule has 0 saturated carbocycles. The summed E-state index contributed by atoms with van der Waals surface area (Å²) in [5.74, 6) is -0.312. The summed E-state index contributed by atoms with van der Waals surface area (Å²) in [6.07, 6.45) is 2.00. The fourth-order valence-electron chi connectivity index (χ4n) is 2.50. The molecule has 128 valence electrons. The summed E-state index contributed by atoms with van der Waals surface area (Å²) in [6, 6.07) is 3.42. The van der Waals surface area contributed by atoms with Crippen LogP contribution in [0.25, 0.3) is 6.08 Å². The van der Waals surface area contributed by atoms with Crippen molar-refractivity contribution in [3.05, 3.63) is 28.8 Å². The average Bonchev–Trinajstić information content (AvgIpc) is 2.60. The van der Waals surface area contributed by atoms with E-state index in [9.17, 15) is 9.59 Å². The number of carboxylic acids is 1. The number of benzene rings is 1. The first-order valence-corrected chi connectivity index (χ1v) is 7.83. The summed E-state index contributed by atoms with van der Waals surface area (Å²) < 4.78 is 16.0. The number of halogens is 1. The van der Waals surface area contributed by atoms with E-state index in [0.717, 1.165) is 0 Å². The number of fused-ring (bicyclic) bond motifs is 1. The molecule has 1 amide bonds. The number of rotatable bonds is 3. The summed E-state index contributed by atoms with van der Waals surface area (Å²) >= 11 is 6.15. The molecule has 24 heavy (non-hydrogen) atoms. The first-order chi connectivity index (χ1) is 11.5. The Morgan fingerprint density at radius 3 is 2.83 bits per heavy atom. The van der Waals surface area contributed by atoms with Crippen molar-refractivity contribution in [3.63, 3.8) is 0 Å². The Morgan fingerprint density at radius 1 is 1.25 bits per heavy atom. The predicted molar refractivity (Wildman–Crippen MR) is 85.4 cm³/mol. The highest BCUT2D eigenvalue weighted by atomic mass is 35.5. The Labute approximate surface area is 143 Å². The lowest BCUT2D eigenvalue weighted by atomic mass is 10.1. The number of aliphatic carboxylic acids is 1. The van der Waals surface area contributed by atoms with Crippen LogP contribution in [0.15, 0.2) is 18.2 Å². The van der Waals surface area contributed by atoms with Gasteiger partial charge in [0.05, 0.1) is 18.2 Å². The largest absolute Gasteiger partial charge is 0.486 e. The number of hydrogen-bond acceptors (Lipinski definition) is 5. The maximum Gasteiger partial charge on any atom is 0.334 e. The molecule has 0 radical (unpaired) electrons. The van der Waals surface area contributed by atoms with Gasteiger partial charge in [0, 0.05) is 12.6 Å². The monoisotopic (exact) mass is 353 g/mol. The van der Waals surface area contributed by atoms with E-state index in [1.807, 2.05) is 0 Å². The summed E-state index contributed by atoms with van der Waals surface area (Å²) in [4.78, 5) is 24.6. The third kappa shape index (κ3) is 3.63. The number of ether oxygens (including phenoxy) is 3. The summed E-state index contributed by atoms with van der Waals surface area (Å²) in [5.41, 5.74) is 0.695. The highest BCUT2D eigenvalue weighted by Crippen LogP contribution is 2.38. The minimum atomic E-state index is -1.07. The number of morpholine rings is 1. The van der Waals surface area contributed by atoms with Crippen molar-refractivity contribution in [3.8, 4) is 11.5 Å². The zero-order valence-corrected chi connectivity index (χ0v) is 13.5. The van der Waals surface area contributed by atoms with Gasteiger partial charge in [0.2, 0.25) is 5.91 Å². The van der Waals surface area contributed by atoms with Gasteiger partial charge in [-0.1, -0.05) is 11.6 Å². The number of carbonyl (C=O) groups excluding carboxylic acids is 1. The predicted octanol–water partition coefficient (Wildman–Crippen LogP) is 1.44. The van der Waals surface area contributed by atoms with E-state index in [4.69, 9.17) is 30.9 Å². The minimum Gasteiger partial charge on any atom is -0.486 e. The molecule has 1 N–H and O–H groups in total. The SMILES string of the molecule is O=C(O)C1CN(C(=O)C=Cc2cc(Cl)c3c(c2)OCCO3)CCO1. The Hall–Kier alpha value is -2.25. The van der Waals surface area contributed by atoms with Gasteiger partial charge in [0.15, 0.2) is 17.6 Å². The molecule has 7 nitrogen and oxygen atoms in total. The van der Waals surface area contributed by atoms with E-state index in [1.54, 1.807) is 18.2 Å². The quantitative estimate of drug-likeness (QED) is 0.828. The molecule has 0 aliphatic carbocycles. The van der Waals surface area contributed by atoms with Gasteiger partial charge in [0.25, 0.3) is 0 Å². The summed E-state index contributed by atoms with van der Waals surface area (Å²) in [7, 11) is 0. The molecular weight excluding hydrogens is 338 g/mol. The molecule has 1 unspecified atom stereocenters. The molecule has 2 heterocycles. The molecule has 3 rings (SSSR count). The number of nitrogens with zero attached hydrogens (tertiary/aromatic N) is 1. The van der Waals surface area contributed by atoms with Crippen LogP contribution >= 0.6 is 11.6 Å². The van der Waals surface area contributed by atoms with Crippen LogP contribution in [0.1, 0.15) is 5.56 Å². The number of carboxylic acid groups (broad SMARTS) is 1. The standard InChI is InChI=1S/C16H16ClNO6/c17-11-7-10(8-12-15(11)24-6-5-23-12)1-2-14(19)18-3-4-22-13(9-18)16(20)21/h1-2,7-8,13H,3-6,9H2,(H,20,21). The lowest BCUT2D eigenvalue weighted by molar-refractivity contribution is -0.158. The topological polar surface area (TPSA) is 85.3 Å². The van der Waals surface area contributed by atoms with Gasteiger partial charge in [-0.05, 0) is 23.8 Å². The second kappa shape index (κ2) is 7.11. The van der Waals surface area contributed by atoms with Crippen LogP contribution < -0.4 is 9.47 Å². The van der Waals surface area contributed by atoms with E-state index < -0.39 is 12.1 Å². The zero-order valence-electron chi connectivity index (χ0n) is 12.7. The molecule has 1 atom stereocenters. The minimum absolute atomic E-state index is 0.0282. The molecule has 2 aliphatic rings. The van der Waals surface area contributed by atoms with Gasteiger partial charge in [-0.25, -0.2) is 4.79 Å². The molecule has 1 aromatic carbocycles. The van der Waals surface area contributed by atoms with Crippen molar-refractivity contribution in [2.75, 3.05) is 32.9 Å². The molecule has 1 aromatic rings. The van der Waals surface area contributed by atoms with Crippen LogP contribution in [-0.4, -0.2) is 60.9 Å². The molecule has 8 heteroatoms. The van der Waals surface area contributed by atoms with Crippen molar-refractivity contribution in [2.45, 2.75) is 6.10 Å². The molecule has 1 saturated heterocycles. The maximum absolute atomic E-state index is 12.2. The summed E-state index contributed by atoms with van der Waals surface area (Å²) in [6.45, 7) is 1.48. The molecule has 2 aliphatic heterocycles. The van der Waals surface area contributed by atoms with Gasteiger partial charge < -0.3 is 24.2 Å². The fourth-order valence-corrected chi connectivity index (χ4v) is 2.77. The Bertz CT molecular complexity index is 689. The van der Waals surface area contributed by atoms with E-state index >= 15 is 0 Å². The molecule has 0 bridgehead atoms. The second-order valence-electron chi connectivity index (χ2n) is 5.34. The van der Waals surface area contributed by atoms with Crippen LogP contribution in [0.2, 0.25) is 5.02 Å². The third-order valence-electron chi connectivity index (χ3n) is 3.69. The van der Waals surface area contributed by atoms with E-state index in [1.165, 1.54) is 11.0 Å². The van der Waals surface area contributed by atoms with Crippen LogP contribution in [0.4, 0.5) is 0 Å². The zero-order chi connectivity index (χ0) is 17.1. The average molecular weight is 354 g/mol. The van der Waals surface area contributed by atoms with E-state index in [2.05, 4.69) is 0 Å². The van der Waals surface area contributed by atoms with Gasteiger partial charge >= 0.3 is 5.97 Å². The number of amides is 1. The molecule has 1 fully saturated rings. The summed E-state index contributed by atoms with van der Waals surface area (Å²) in [5, 5.41) is 9.38. The Balaban J connectivity index is 1.70. The van der Waals surface area contributed by atoms with Crippen LogP contribution in [0.3, 0.4) is 0 Å². The first kappa shape index (κ1) is 16.6. The third-order valence-corrected chi connectivity index (χ3v) is 3.97. The highest BCUT2D eigenvalue weighted by Gasteiger charge is 2.28. The molecule has 0 aromatic heterocycles. The maximum atomic E-state index is 12.2. The smallest absolute Gasteiger partial charge is 0.334 e. The van der Waals surface area contributed by atoms with Crippen LogP contribution in [0.5, 0.6) is 11.5 Å². The number of hydrogen-bond donors (Lipinski definition) is 1. The molecule has 0 spiro atoms. The van der Waals surface area contributed by atoms with Crippen molar-refractivity contribution < 1.29 is 28.9 Å². The van der Waals surface area contributed by atoms with Crippen molar-refractivity contribution in [2.24, 2.45) is 0 Å². The van der Waals surface area contributed by atoms with Crippen molar-refractivity contribution in [1.29, 1.82) is 0 Å².